The topological polar surface area (TPSA) is 126 Å². The largest absolute Gasteiger partial charge is 0.480 e. The molecule has 0 saturated heterocycles. The average molecular weight is 455 g/mol. The third-order valence-electron chi connectivity index (χ3n) is 4.68. The number of aromatic nitrogens is 5. The van der Waals surface area contributed by atoms with Crippen LogP contribution >= 0.6 is 11.3 Å². The number of fused-ring (bicyclic) bond motifs is 2. The van der Waals surface area contributed by atoms with Gasteiger partial charge in [-0.1, -0.05) is 6.92 Å². The highest BCUT2D eigenvalue weighted by Gasteiger charge is 2.39. The Balaban J connectivity index is 1.72. The SMILES string of the molecule is CCc1cc2c(N3CCn4c(nnc4C(F)(F)F)C3)nc(C(=O)NCC(=O)O)nc2s1. The smallest absolute Gasteiger partial charge is 0.451 e. The number of rotatable bonds is 5. The Hall–Kier alpha value is -3.29. The van der Waals surface area contributed by atoms with Gasteiger partial charge in [-0.15, -0.1) is 21.5 Å². The van der Waals surface area contributed by atoms with E-state index >= 15 is 0 Å². The number of halogens is 3. The van der Waals surface area contributed by atoms with E-state index in [2.05, 4.69) is 25.5 Å². The molecule has 3 aromatic rings. The summed E-state index contributed by atoms with van der Waals surface area (Å²) < 4.78 is 40.4. The molecule has 0 spiro atoms. The molecule has 0 radical (unpaired) electrons. The van der Waals surface area contributed by atoms with Crippen molar-refractivity contribution in [2.75, 3.05) is 18.0 Å². The van der Waals surface area contributed by atoms with Crippen LogP contribution in [0, 0.1) is 0 Å². The van der Waals surface area contributed by atoms with Gasteiger partial charge in [-0.25, -0.2) is 9.97 Å². The molecule has 0 bridgehead atoms. The number of alkyl halides is 3. The zero-order chi connectivity index (χ0) is 22.3. The van der Waals surface area contributed by atoms with Gasteiger partial charge in [0.05, 0.1) is 11.9 Å². The van der Waals surface area contributed by atoms with Crippen molar-refractivity contribution in [2.24, 2.45) is 0 Å². The zero-order valence-electron chi connectivity index (χ0n) is 16.1. The van der Waals surface area contributed by atoms with Gasteiger partial charge in [-0.3, -0.25) is 9.59 Å². The van der Waals surface area contributed by atoms with Gasteiger partial charge >= 0.3 is 12.1 Å². The minimum absolute atomic E-state index is 0.00596. The molecule has 1 aliphatic rings. The molecule has 0 unspecified atom stereocenters. The van der Waals surface area contributed by atoms with Crippen LogP contribution in [0.15, 0.2) is 6.07 Å². The van der Waals surface area contributed by atoms with E-state index in [4.69, 9.17) is 5.11 Å². The maximum atomic E-state index is 13.1. The van der Waals surface area contributed by atoms with Gasteiger partial charge < -0.3 is 19.9 Å². The lowest BCUT2D eigenvalue weighted by atomic mass is 10.2. The van der Waals surface area contributed by atoms with E-state index in [1.807, 2.05) is 13.0 Å². The van der Waals surface area contributed by atoms with Crippen LogP contribution in [0.25, 0.3) is 10.2 Å². The molecule has 3 aromatic heterocycles. The zero-order valence-corrected chi connectivity index (χ0v) is 16.9. The molecule has 10 nitrogen and oxygen atoms in total. The van der Waals surface area contributed by atoms with E-state index in [-0.39, 0.29) is 31.3 Å². The molecule has 4 heterocycles. The predicted octanol–water partition coefficient (Wildman–Crippen LogP) is 1.70. The maximum absolute atomic E-state index is 13.1. The molecular formula is C17H16F3N7O3S. The number of nitrogens with zero attached hydrogens (tertiary/aromatic N) is 6. The van der Waals surface area contributed by atoms with Gasteiger partial charge in [0.2, 0.25) is 11.6 Å². The van der Waals surface area contributed by atoms with Gasteiger partial charge in [-0.2, -0.15) is 13.2 Å². The Morgan fingerprint density at radius 2 is 2.03 bits per heavy atom. The van der Waals surface area contributed by atoms with Crippen molar-refractivity contribution in [3.63, 3.8) is 0 Å². The minimum atomic E-state index is -4.60. The molecule has 164 valence electrons. The summed E-state index contributed by atoms with van der Waals surface area (Å²) >= 11 is 1.37. The summed E-state index contributed by atoms with van der Waals surface area (Å²) in [5, 5.41) is 18.6. The van der Waals surface area contributed by atoms with Crippen LogP contribution in [-0.4, -0.2) is 54.8 Å². The highest BCUT2D eigenvalue weighted by molar-refractivity contribution is 7.18. The molecule has 14 heteroatoms. The normalized spacial score (nSPS) is 14.0. The molecule has 1 amide bonds. The predicted molar refractivity (Wildman–Crippen MR) is 103 cm³/mol. The van der Waals surface area contributed by atoms with Gasteiger partial charge in [-0.05, 0) is 12.5 Å². The molecule has 0 aromatic carbocycles. The highest BCUT2D eigenvalue weighted by Crippen LogP contribution is 2.34. The number of carboxylic acid groups (broad SMARTS) is 1. The van der Waals surface area contributed by atoms with Crippen LogP contribution in [0.3, 0.4) is 0 Å². The summed E-state index contributed by atoms with van der Waals surface area (Å²) in [7, 11) is 0. The van der Waals surface area contributed by atoms with Gasteiger partial charge in [0.25, 0.3) is 5.91 Å². The van der Waals surface area contributed by atoms with Crippen LogP contribution < -0.4 is 10.2 Å². The molecule has 4 rings (SSSR count). The minimum Gasteiger partial charge on any atom is -0.480 e. The van der Waals surface area contributed by atoms with Crippen LogP contribution in [0.2, 0.25) is 0 Å². The number of hydrogen-bond donors (Lipinski definition) is 2. The second-order valence-electron chi connectivity index (χ2n) is 6.74. The quantitative estimate of drug-likeness (QED) is 0.595. The van der Waals surface area contributed by atoms with Gasteiger partial charge in [0.1, 0.15) is 17.2 Å². The molecule has 0 fully saturated rings. The first-order valence-corrected chi connectivity index (χ1v) is 10.0. The third-order valence-corrected chi connectivity index (χ3v) is 5.85. The fraction of sp³-hybridized carbons (Fsp3) is 0.412. The maximum Gasteiger partial charge on any atom is 0.451 e. The van der Waals surface area contributed by atoms with Crippen molar-refractivity contribution in [1.29, 1.82) is 0 Å². The number of thiophene rings is 1. The molecule has 31 heavy (non-hydrogen) atoms. The lowest BCUT2D eigenvalue weighted by Gasteiger charge is -2.29. The van der Waals surface area contributed by atoms with Crippen LogP contribution in [0.4, 0.5) is 19.0 Å². The van der Waals surface area contributed by atoms with Gasteiger partial charge in [0.15, 0.2) is 5.82 Å². The van der Waals surface area contributed by atoms with Crippen molar-refractivity contribution in [1.82, 2.24) is 30.0 Å². The Bertz CT molecular complexity index is 1170. The Kier molecular flexibility index (Phi) is 5.24. The number of anilines is 1. The molecule has 2 N–H and O–H groups in total. The first-order chi connectivity index (χ1) is 14.7. The fourth-order valence-corrected chi connectivity index (χ4v) is 4.22. The van der Waals surface area contributed by atoms with Crippen molar-refractivity contribution < 1.29 is 27.9 Å². The lowest BCUT2D eigenvalue weighted by Crippen LogP contribution is -2.36. The summed E-state index contributed by atoms with van der Waals surface area (Å²) in [4.78, 5) is 34.9. The van der Waals surface area contributed by atoms with Crippen molar-refractivity contribution in [3.8, 4) is 0 Å². The second-order valence-corrected chi connectivity index (χ2v) is 7.86. The molecule has 0 saturated carbocycles. The first-order valence-electron chi connectivity index (χ1n) is 9.22. The summed E-state index contributed by atoms with van der Waals surface area (Å²) in [5.41, 5.74) is 0. The van der Waals surface area contributed by atoms with Crippen LogP contribution in [0.5, 0.6) is 0 Å². The Morgan fingerprint density at radius 3 is 2.71 bits per heavy atom. The van der Waals surface area contributed by atoms with E-state index in [9.17, 15) is 22.8 Å². The summed E-state index contributed by atoms with van der Waals surface area (Å²) in [5.74, 6) is -2.72. The summed E-state index contributed by atoms with van der Waals surface area (Å²) in [6.45, 7) is 1.57. The third kappa shape index (κ3) is 4.02. The van der Waals surface area contributed by atoms with Crippen molar-refractivity contribution >= 4 is 39.2 Å². The standard InChI is InChI=1S/C17H16F3N7O3S/c1-2-8-5-9-13(22-12(23-15(9)31-8)14(30)21-6-11(28)29)26-3-4-27-10(7-26)24-25-16(27)17(18,19)20/h5H,2-4,6-7H2,1H3,(H,21,30)(H,28,29). The number of aryl methyl sites for hydroxylation is 1. The summed E-state index contributed by atoms with van der Waals surface area (Å²) in [6.07, 6.45) is -3.88. The average Bonchev–Trinajstić information content (AvgIpc) is 3.34. The van der Waals surface area contributed by atoms with E-state index in [0.717, 1.165) is 15.9 Å². The van der Waals surface area contributed by atoms with E-state index < -0.39 is 30.4 Å². The van der Waals surface area contributed by atoms with E-state index in [1.165, 1.54) is 11.3 Å². The van der Waals surface area contributed by atoms with Crippen LogP contribution in [-0.2, 0) is 30.5 Å². The number of carbonyl (C=O) groups is 2. The highest BCUT2D eigenvalue weighted by atomic mass is 32.1. The fourth-order valence-electron chi connectivity index (χ4n) is 3.26. The number of carboxylic acids is 1. The number of carbonyl (C=O) groups excluding carboxylic acids is 1. The van der Waals surface area contributed by atoms with Crippen LogP contribution in [0.1, 0.15) is 34.1 Å². The van der Waals surface area contributed by atoms with Gasteiger partial charge in [0, 0.05) is 18.0 Å². The molecule has 0 aliphatic carbocycles. The molecule has 0 atom stereocenters. The second kappa shape index (κ2) is 7.76. The van der Waals surface area contributed by atoms with E-state index in [0.29, 0.717) is 16.0 Å². The summed E-state index contributed by atoms with van der Waals surface area (Å²) in [6, 6.07) is 1.88. The number of nitrogens with one attached hydrogen (secondary N) is 1. The molecular weight excluding hydrogens is 439 g/mol. The lowest BCUT2D eigenvalue weighted by molar-refractivity contribution is -0.147. The number of aliphatic carboxylic acids is 1. The van der Waals surface area contributed by atoms with Crippen molar-refractivity contribution in [2.45, 2.75) is 32.6 Å². The monoisotopic (exact) mass is 455 g/mol. The first kappa shape index (κ1) is 21.0. The molecule has 1 aliphatic heterocycles. The number of hydrogen-bond acceptors (Lipinski definition) is 8. The Morgan fingerprint density at radius 1 is 1.26 bits per heavy atom. The Labute approximate surface area is 176 Å². The van der Waals surface area contributed by atoms with Crippen molar-refractivity contribution in [3.05, 3.63) is 28.4 Å². The van der Waals surface area contributed by atoms with E-state index in [1.54, 1.807) is 4.90 Å². The number of amides is 1.